The van der Waals surface area contributed by atoms with Gasteiger partial charge in [0.1, 0.15) is 5.76 Å². The summed E-state index contributed by atoms with van der Waals surface area (Å²) in [6.45, 7) is 0. The first-order valence-electron chi connectivity index (χ1n) is 8.47. The van der Waals surface area contributed by atoms with Crippen LogP contribution in [0.1, 0.15) is 17.2 Å². The highest BCUT2D eigenvalue weighted by Gasteiger charge is 2.48. The smallest absolute Gasteiger partial charge is 0.301 e. The molecule has 0 saturated carbocycles. The second-order valence-electron chi connectivity index (χ2n) is 6.12. The lowest BCUT2D eigenvalue weighted by molar-refractivity contribution is -0.132. The molecule has 0 radical (unpaired) electrons. The number of nitrogens with zero attached hydrogens (tertiary/aromatic N) is 3. The summed E-state index contributed by atoms with van der Waals surface area (Å²) in [7, 11) is 1.32. The fourth-order valence-electron chi connectivity index (χ4n) is 3.19. The van der Waals surface area contributed by atoms with Crippen molar-refractivity contribution in [1.82, 2.24) is 9.97 Å². The zero-order chi connectivity index (χ0) is 20.5. The molecule has 1 fully saturated rings. The van der Waals surface area contributed by atoms with Crippen LogP contribution in [0, 0.1) is 5.82 Å². The van der Waals surface area contributed by atoms with Gasteiger partial charge in [-0.15, -0.1) is 11.3 Å². The zero-order valence-electron chi connectivity index (χ0n) is 15.1. The molecule has 1 N–H and O–H groups in total. The Labute approximate surface area is 168 Å². The van der Waals surface area contributed by atoms with Crippen LogP contribution < -0.4 is 9.64 Å². The van der Waals surface area contributed by atoms with Crippen LogP contribution in [0.15, 0.2) is 59.9 Å². The Kier molecular flexibility index (Phi) is 4.81. The standard InChI is InChI=1S/C20H14FN3O4S/c1-28-14-5-4-11(9-13(14)21)17(25)15-16(12-3-2-6-22-10-12)24(19(27)18(15)26)20-23-7-8-29-20/h2-10,16,25H,1H3/b17-15+/t16-/m1/s1. The van der Waals surface area contributed by atoms with Gasteiger partial charge in [0, 0.05) is 29.5 Å². The third-order valence-electron chi connectivity index (χ3n) is 4.50. The number of aromatic nitrogens is 2. The number of anilines is 1. The summed E-state index contributed by atoms with van der Waals surface area (Å²) in [6.07, 6.45) is 4.56. The Morgan fingerprint density at radius 1 is 1.28 bits per heavy atom. The first-order valence-corrected chi connectivity index (χ1v) is 9.35. The minimum atomic E-state index is -0.944. The SMILES string of the molecule is COc1ccc(/C(O)=C2\C(=O)C(=O)N(c3nccs3)[C@@H]2c2cccnc2)cc1F. The number of halogens is 1. The van der Waals surface area contributed by atoms with Crippen molar-refractivity contribution in [2.45, 2.75) is 6.04 Å². The summed E-state index contributed by atoms with van der Waals surface area (Å²) in [5.41, 5.74) is 0.398. The molecule has 3 aromatic rings. The molecule has 0 bridgehead atoms. The predicted octanol–water partition coefficient (Wildman–Crippen LogP) is 3.31. The number of hydrogen-bond donors (Lipinski definition) is 1. The van der Waals surface area contributed by atoms with Crippen molar-refractivity contribution in [3.63, 3.8) is 0 Å². The molecule has 1 aliphatic heterocycles. The highest BCUT2D eigenvalue weighted by Crippen LogP contribution is 2.42. The zero-order valence-corrected chi connectivity index (χ0v) is 15.9. The van der Waals surface area contributed by atoms with E-state index in [4.69, 9.17) is 4.74 Å². The topological polar surface area (TPSA) is 92.6 Å². The van der Waals surface area contributed by atoms with Crippen LogP contribution in [0.5, 0.6) is 5.75 Å². The van der Waals surface area contributed by atoms with Crippen molar-refractivity contribution in [1.29, 1.82) is 0 Å². The van der Waals surface area contributed by atoms with Gasteiger partial charge in [0.25, 0.3) is 5.78 Å². The number of amides is 1. The van der Waals surface area contributed by atoms with Crippen LogP contribution in [0.2, 0.25) is 0 Å². The molecule has 1 aromatic carbocycles. The maximum atomic E-state index is 14.2. The second-order valence-corrected chi connectivity index (χ2v) is 6.99. The molecule has 146 valence electrons. The van der Waals surface area contributed by atoms with Crippen LogP contribution in [0.25, 0.3) is 5.76 Å². The van der Waals surface area contributed by atoms with Gasteiger partial charge in [-0.2, -0.15) is 0 Å². The fraction of sp³-hybridized carbons (Fsp3) is 0.100. The van der Waals surface area contributed by atoms with Gasteiger partial charge in [-0.25, -0.2) is 9.37 Å². The van der Waals surface area contributed by atoms with Crippen molar-refractivity contribution >= 4 is 33.9 Å². The average molecular weight is 411 g/mol. The van der Waals surface area contributed by atoms with Crippen LogP contribution in [0.4, 0.5) is 9.52 Å². The number of benzene rings is 1. The Morgan fingerprint density at radius 3 is 2.72 bits per heavy atom. The Hall–Kier alpha value is -3.59. The van der Waals surface area contributed by atoms with Gasteiger partial charge in [0.15, 0.2) is 16.7 Å². The Balaban J connectivity index is 1.92. The van der Waals surface area contributed by atoms with Gasteiger partial charge in [-0.1, -0.05) is 6.07 Å². The molecule has 1 saturated heterocycles. The maximum Gasteiger partial charge on any atom is 0.301 e. The Morgan fingerprint density at radius 2 is 2.10 bits per heavy atom. The van der Waals surface area contributed by atoms with Gasteiger partial charge >= 0.3 is 5.91 Å². The van der Waals surface area contributed by atoms with Crippen molar-refractivity contribution in [2.75, 3.05) is 12.0 Å². The average Bonchev–Trinajstić information content (AvgIpc) is 3.35. The molecule has 1 amide bonds. The van der Waals surface area contributed by atoms with Crippen molar-refractivity contribution in [3.8, 4) is 5.75 Å². The molecule has 1 aliphatic rings. The van der Waals surface area contributed by atoms with E-state index >= 15 is 0 Å². The lowest BCUT2D eigenvalue weighted by Gasteiger charge is -2.22. The number of carbonyl (C=O) groups is 2. The van der Waals surface area contributed by atoms with E-state index in [1.165, 1.54) is 47.9 Å². The molecule has 0 aliphatic carbocycles. The van der Waals surface area contributed by atoms with Crippen molar-refractivity contribution in [2.24, 2.45) is 0 Å². The number of pyridine rings is 1. The molecule has 0 spiro atoms. The van der Waals surface area contributed by atoms with Crippen LogP contribution >= 0.6 is 11.3 Å². The highest BCUT2D eigenvalue weighted by molar-refractivity contribution is 7.14. The van der Waals surface area contributed by atoms with E-state index in [9.17, 15) is 19.1 Å². The van der Waals surface area contributed by atoms with E-state index in [1.54, 1.807) is 23.7 Å². The molecule has 7 nitrogen and oxygen atoms in total. The quantitative estimate of drug-likeness (QED) is 0.402. The summed E-state index contributed by atoms with van der Waals surface area (Å²) in [5.74, 6) is -2.91. The number of ketones is 1. The number of ether oxygens (including phenoxy) is 1. The lowest BCUT2D eigenvalue weighted by atomic mass is 9.96. The monoisotopic (exact) mass is 411 g/mol. The molecule has 29 heavy (non-hydrogen) atoms. The van der Waals surface area contributed by atoms with Crippen LogP contribution in [-0.2, 0) is 9.59 Å². The van der Waals surface area contributed by atoms with Gasteiger partial charge in [0.2, 0.25) is 0 Å². The van der Waals surface area contributed by atoms with Gasteiger partial charge in [0.05, 0.1) is 18.7 Å². The molecular formula is C20H14FN3O4S. The predicted molar refractivity (Wildman–Crippen MR) is 104 cm³/mol. The number of methoxy groups -OCH3 is 1. The summed E-state index contributed by atoms with van der Waals surface area (Å²) in [5, 5.41) is 12.9. The fourth-order valence-corrected chi connectivity index (χ4v) is 3.85. The summed E-state index contributed by atoms with van der Waals surface area (Å²) < 4.78 is 19.0. The van der Waals surface area contributed by atoms with E-state index in [0.29, 0.717) is 10.7 Å². The number of rotatable bonds is 4. The van der Waals surface area contributed by atoms with E-state index in [1.807, 2.05) is 0 Å². The minimum absolute atomic E-state index is 0.00593. The number of thiazole rings is 1. The number of Topliss-reactive ketones (excluding diaryl/α,β-unsaturated/α-hetero) is 1. The minimum Gasteiger partial charge on any atom is -0.507 e. The molecule has 2 aromatic heterocycles. The van der Waals surface area contributed by atoms with E-state index in [2.05, 4.69) is 9.97 Å². The number of carbonyl (C=O) groups excluding carboxylic acids is 2. The normalized spacial score (nSPS) is 18.3. The second kappa shape index (κ2) is 7.44. The van der Waals surface area contributed by atoms with E-state index < -0.39 is 29.3 Å². The summed E-state index contributed by atoms with van der Waals surface area (Å²) in [6, 6.07) is 6.19. The van der Waals surface area contributed by atoms with E-state index in [0.717, 1.165) is 6.07 Å². The van der Waals surface area contributed by atoms with E-state index in [-0.39, 0.29) is 16.9 Å². The summed E-state index contributed by atoms with van der Waals surface area (Å²) >= 11 is 1.18. The largest absolute Gasteiger partial charge is 0.507 e. The molecule has 9 heteroatoms. The third-order valence-corrected chi connectivity index (χ3v) is 5.27. The first-order chi connectivity index (χ1) is 14.0. The molecule has 0 unspecified atom stereocenters. The van der Waals surface area contributed by atoms with Gasteiger partial charge < -0.3 is 9.84 Å². The first kappa shape index (κ1) is 18.8. The number of aliphatic hydroxyl groups is 1. The molecular weight excluding hydrogens is 397 g/mol. The summed E-state index contributed by atoms with van der Waals surface area (Å²) in [4.78, 5) is 35.0. The lowest BCUT2D eigenvalue weighted by Crippen LogP contribution is -2.29. The molecule has 3 heterocycles. The molecule has 4 rings (SSSR count). The highest BCUT2D eigenvalue weighted by atomic mass is 32.1. The van der Waals surface area contributed by atoms with Gasteiger partial charge in [-0.3, -0.25) is 19.5 Å². The third kappa shape index (κ3) is 3.15. The number of hydrogen-bond acceptors (Lipinski definition) is 7. The van der Waals surface area contributed by atoms with Crippen molar-refractivity contribution < 1.29 is 23.8 Å². The molecule has 1 atom stereocenters. The number of aliphatic hydroxyl groups excluding tert-OH is 1. The van der Waals surface area contributed by atoms with Gasteiger partial charge in [-0.05, 0) is 29.8 Å². The Bertz CT molecular complexity index is 1120. The maximum absolute atomic E-state index is 14.2. The van der Waals surface area contributed by atoms with Crippen LogP contribution in [-0.4, -0.2) is 33.9 Å². The van der Waals surface area contributed by atoms with Crippen molar-refractivity contribution in [3.05, 3.63) is 76.8 Å². The van der Waals surface area contributed by atoms with Crippen LogP contribution in [0.3, 0.4) is 0 Å².